The third kappa shape index (κ3) is 5.15. The number of nitrogens with one attached hydrogen (secondary N) is 1. The molecule has 0 aliphatic heterocycles. The van der Waals surface area contributed by atoms with Crippen LogP contribution in [-0.2, 0) is 4.79 Å². The summed E-state index contributed by atoms with van der Waals surface area (Å²) in [5.74, 6) is -2.65. The van der Waals surface area contributed by atoms with E-state index in [9.17, 15) is 29.8 Å². The normalized spacial score (nSPS) is 10.1. The molecule has 0 heterocycles. The number of carboxylic acids is 1. The maximum Gasteiger partial charge on any atom is 0.322 e. The smallest absolute Gasteiger partial charge is 0.322 e. The third-order valence-electron chi connectivity index (χ3n) is 3.68. The molecule has 2 aromatic carbocycles. The van der Waals surface area contributed by atoms with Gasteiger partial charge in [0.15, 0.2) is 0 Å². The lowest BCUT2D eigenvalue weighted by Crippen LogP contribution is -2.29. The molecular weight excluding hydrogens is 388 g/mol. The van der Waals surface area contributed by atoms with Gasteiger partial charge in [-0.1, -0.05) is 6.07 Å². The first-order chi connectivity index (χ1) is 13.6. The van der Waals surface area contributed by atoms with Crippen molar-refractivity contribution < 1.29 is 29.3 Å². The monoisotopic (exact) mass is 404 g/mol. The summed E-state index contributed by atoms with van der Waals surface area (Å²) in [5, 5.41) is 33.3. The molecule has 2 aromatic rings. The molecule has 0 bridgehead atoms. The van der Waals surface area contributed by atoms with Gasteiger partial charge in [0, 0.05) is 31.9 Å². The number of carbonyl (C=O) groups excluding carboxylic acids is 1. The number of carbonyl (C=O) groups is 2. The van der Waals surface area contributed by atoms with E-state index >= 15 is 0 Å². The summed E-state index contributed by atoms with van der Waals surface area (Å²) in [6.45, 7) is -0.784. The largest absolute Gasteiger partial charge is 0.480 e. The number of nitro groups is 2. The summed E-state index contributed by atoms with van der Waals surface area (Å²) in [5.41, 5.74) is -1.41. The summed E-state index contributed by atoms with van der Waals surface area (Å²) in [4.78, 5) is 45.4. The number of hydrogen-bond donors (Lipinski definition) is 2. The first kappa shape index (κ1) is 21.1. The molecule has 0 unspecified atom stereocenters. The molecule has 152 valence electrons. The zero-order chi connectivity index (χ0) is 21.7. The highest BCUT2D eigenvalue weighted by Crippen LogP contribution is 2.37. The van der Waals surface area contributed by atoms with E-state index in [0.717, 1.165) is 11.8 Å². The van der Waals surface area contributed by atoms with Gasteiger partial charge in [0.05, 0.1) is 15.9 Å². The molecular formula is C17H16N4O8. The van der Waals surface area contributed by atoms with Crippen molar-refractivity contribution in [1.29, 1.82) is 0 Å². The number of nitro benzene ring substituents is 2. The Morgan fingerprint density at radius 3 is 2.31 bits per heavy atom. The Balaban J connectivity index is 2.54. The van der Waals surface area contributed by atoms with Crippen LogP contribution >= 0.6 is 0 Å². The summed E-state index contributed by atoms with van der Waals surface area (Å²) in [6.07, 6.45) is 0. The van der Waals surface area contributed by atoms with Gasteiger partial charge in [0.25, 0.3) is 11.6 Å². The van der Waals surface area contributed by atoms with Crippen molar-refractivity contribution in [2.24, 2.45) is 0 Å². The summed E-state index contributed by atoms with van der Waals surface area (Å²) in [6, 6.07) is 7.94. The predicted octanol–water partition coefficient (Wildman–Crippen LogP) is 2.18. The number of hydrogen-bond acceptors (Lipinski definition) is 8. The minimum atomic E-state index is -1.36. The highest BCUT2D eigenvalue weighted by Gasteiger charge is 2.29. The standard InChI is InChI=1S/C17H16N4O8/c1-19(2)10-4-3-5-11(6-10)29-15-7-12(17(24)18-9-16(22)23)13(20(25)26)8-14(15)21(27)28/h3-8H,9H2,1-2H3,(H,18,24)(H,22,23). The van der Waals surface area contributed by atoms with Gasteiger partial charge in [-0.3, -0.25) is 29.8 Å². The zero-order valence-electron chi connectivity index (χ0n) is 15.3. The SMILES string of the molecule is CN(C)c1cccc(Oc2cc(C(=O)NCC(=O)O)c([N+](=O)[O-])cc2[N+](=O)[O-])c1. The second kappa shape index (κ2) is 8.65. The summed E-state index contributed by atoms with van der Waals surface area (Å²) < 4.78 is 5.53. The Kier molecular flexibility index (Phi) is 6.29. The van der Waals surface area contributed by atoms with Crippen LogP contribution in [-0.4, -0.2) is 47.5 Å². The average Bonchev–Trinajstić information content (AvgIpc) is 2.65. The van der Waals surface area contributed by atoms with Gasteiger partial charge in [0.1, 0.15) is 17.9 Å². The van der Waals surface area contributed by atoms with Crippen LogP contribution in [0.4, 0.5) is 17.1 Å². The average molecular weight is 404 g/mol. The highest BCUT2D eigenvalue weighted by atomic mass is 16.6. The van der Waals surface area contributed by atoms with E-state index in [1.54, 1.807) is 37.2 Å². The first-order valence-corrected chi connectivity index (χ1v) is 8.02. The molecule has 29 heavy (non-hydrogen) atoms. The topological polar surface area (TPSA) is 165 Å². The number of nitrogens with zero attached hydrogens (tertiary/aromatic N) is 3. The minimum Gasteiger partial charge on any atom is -0.480 e. The summed E-state index contributed by atoms with van der Waals surface area (Å²) >= 11 is 0. The Morgan fingerprint density at radius 1 is 1.10 bits per heavy atom. The van der Waals surface area contributed by atoms with E-state index in [4.69, 9.17) is 9.84 Å². The molecule has 0 radical (unpaired) electrons. The maximum atomic E-state index is 12.2. The number of rotatable bonds is 8. The highest BCUT2D eigenvalue weighted by molar-refractivity contribution is 6.00. The van der Waals surface area contributed by atoms with Gasteiger partial charge in [-0.2, -0.15) is 0 Å². The van der Waals surface area contributed by atoms with Gasteiger partial charge in [0.2, 0.25) is 5.75 Å². The fraction of sp³-hybridized carbons (Fsp3) is 0.176. The molecule has 0 saturated carbocycles. The number of aliphatic carboxylic acids is 1. The van der Waals surface area contributed by atoms with Crippen LogP contribution in [0.2, 0.25) is 0 Å². The van der Waals surface area contributed by atoms with Crippen LogP contribution in [0.15, 0.2) is 36.4 Å². The molecule has 0 aliphatic rings. The quantitative estimate of drug-likeness (QED) is 0.495. The number of anilines is 1. The van der Waals surface area contributed by atoms with Crippen molar-refractivity contribution in [1.82, 2.24) is 5.32 Å². The van der Waals surface area contributed by atoms with Crippen molar-refractivity contribution in [3.05, 3.63) is 62.2 Å². The number of benzene rings is 2. The first-order valence-electron chi connectivity index (χ1n) is 8.02. The van der Waals surface area contributed by atoms with E-state index in [2.05, 4.69) is 0 Å². The molecule has 2 rings (SSSR count). The van der Waals surface area contributed by atoms with Crippen LogP contribution in [0.3, 0.4) is 0 Å². The van der Waals surface area contributed by atoms with Crippen molar-refractivity contribution in [3.8, 4) is 11.5 Å². The van der Waals surface area contributed by atoms with Gasteiger partial charge < -0.3 is 20.1 Å². The Labute approximate surface area is 163 Å². The van der Waals surface area contributed by atoms with Crippen LogP contribution in [0.25, 0.3) is 0 Å². The summed E-state index contributed by atoms with van der Waals surface area (Å²) in [7, 11) is 3.55. The van der Waals surface area contributed by atoms with E-state index in [0.29, 0.717) is 6.07 Å². The lowest BCUT2D eigenvalue weighted by Gasteiger charge is -2.14. The lowest BCUT2D eigenvalue weighted by molar-refractivity contribution is -0.394. The second-order valence-electron chi connectivity index (χ2n) is 5.92. The molecule has 12 heteroatoms. The maximum absolute atomic E-state index is 12.2. The van der Waals surface area contributed by atoms with Crippen molar-refractivity contribution in [3.63, 3.8) is 0 Å². The minimum absolute atomic E-state index is 0.199. The number of carboxylic acid groups (broad SMARTS) is 1. The number of ether oxygens (including phenoxy) is 1. The van der Waals surface area contributed by atoms with Gasteiger partial charge in [-0.15, -0.1) is 0 Å². The van der Waals surface area contributed by atoms with Gasteiger partial charge in [-0.25, -0.2) is 0 Å². The fourth-order valence-corrected chi connectivity index (χ4v) is 2.32. The predicted molar refractivity (Wildman–Crippen MR) is 101 cm³/mol. The van der Waals surface area contributed by atoms with Crippen molar-refractivity contribution >= 4 is 28.9 Å². The molecule has 0 saturated heterocycles. The zero-order valence-corrected chi connectivity index (χ0v) is 15.3. The van der Waals surface area contributed by atoms with Gasteiger partial charge >= 0.3 is 11.7 Å². The molecule has 0 spiro atoms. The molecule has 12 nitrogen and oxygen atoms in total. The van der Waals surface area contributed by atoms with Crippen molar-refractivity contribution in [2.75, 3.05) is 25.5 Å². The van der Waals surface area contributed by atoms with Crippen LogP contribution in [0, 0.1) is 20.2 Å². The van der Waals surface area contributed by atoms with E-state index in [1.807, 2.05) is 5.32 Å². The molecule has 0 aliphatic carbocycles. The van der Waals surface area contributed by atoms with E-state index < -0.39 is 51.0 Å². The van der Waals surface area contributed by atoms with Crippen LogP contribution < -0.4 is 15.0 Å². The Bertz CT molecular complexity index is 989. The molecule has 1 amide bonds. The molecule has 0 aromatic heterocycles. The third-order valence-corrected chi connectivity index (χ3v) is 3.68. The fourth-order valence-electron chi connectivity index (χ4n) is 2.32. The van der Waals surface area contributed by atoms with Crippen molar-refractivity contribution in [2.45, 2.75) is 0 Å². The molecule has 0 atom stereocenters. The lowest BCUT2D eigenvalue weighted by atomic mass is 10.1. The molecule has 0 fully saturated rings. The Hall–Kier alpha value is -4.22. The van der Waals surface area contributed by atoms with E-state index in [1.165, 1.54) is 6.07 Å². The van der Waals surface area contributed by atoms with E-state index in [-0.39, 0.29) is 5.75 Å². The second-order valence-corrected chi connectivity index (χ2v) is 5.92. The Morgan fingerprint density at radius 2 is 1.76 bits per heavy atom. The molecule has 2 N–H and O–H groups in total. The van der Waals surface area contributed by atoms with Gasteiger partial charge in [-0.05, 0) is 12.1 Å². The number of amides is 1. The van der Waals surface area contributed by atoms with Crippen LogP contribution in [0.1, 0.15) is 10.4 Å². The van der Waals surface area contributed by atoms with Crippen LogP contribution in [0.5, 0.6) is 11.5 Å².